The van der Waals surface area contributed by atoms with Crippen molar-refractivity contribution in [2.45, 2.75) is 20.8 Å². The number of likely N-dealkylation sites (N-methyl/N-ethyl adjacent to an activating group) is 2. The van der Waals surface area contributed by atoms with Crippen LogP contribution in [0.25, 0.3) is 0 Å². The second kappa shape index (κ2) is 15.1. The number of anilines is 3. The molecule has 0 fully saturated rings. The molecule has 0 spiro atoms. The molecular weight excluding hydrogens is 522 g/mol. The maximum absolute atomic E-state index is 13.4. The van der Waals surface area contributed by atoms with Crippen LogP contribution in [0, 0.1) is 6.92 Å². The Morgan fingerprint density at radius 3 is 2.15 bits per heavy atom. The SMILES string of the molecule is CCN(CC)C(=O)COc1cccc(N(CC(=O)N(C)c2ccccc2)C(=O)CNC(=O)Nc2cccc(C)c2)c1. The van der Waals surface area contributed by atoms with Gasteiger partial charge in [0, 0.05) is 43.3 Å². The number of rotatable bonds is 12. The van der Waals surface area contributed by atoms with Gasteiger partial charge in [-0.25, -0.2) is 4.79 Å². The number of benzene rings is 3. The van der Waals surface area contributed by atoms with E-state index in [0.29, 0.717) is 35.9 Å². The number of hydrogen-bond acceptors (Lipinski definition) is 5. The van der Waals surface area contributed by atoms with Crippen LogP contribution in [0.2, 0.25) is 0 Å². The molecule has 0 aromatic heterocycles. The number of ether oxygens (including phenoxy) is 1. The molecule has 0 bridgehead atoms. The van der Waals surface area contributed by atoms with Crippen LogP contribution in [0.3, 0.4) is 0 Å². The third-order valence-corrected chi connectivity index (χ3v) is 6.40. The Morgan fingerprint density at radius 1 is 0.780 bits per heavy atom. The van der Waals surface area contributed by atoms with Gasteiger partial charge in [0.15, 0.2) is 6.61 Å². The fraction of sp³-hybridized carbons (Fsp3) is 0.290. The zero-order chi connectivity index (χ0) is 29.8. The first-order valence-electron chi connectivity index (χ1n) is 13.5. The highest BCUT2D eigenvalue weighted by atomic mass is 16.5. The van der Waals surface area contributed by atoms with Crippen molar-refractivity contribution >= 4 is 40.8 Å². The van der Waals surface area contributed by atoms with Crippen molar-refractivity contribution in [2.75, 3.05) is 55.0 Å². The van der Waals surface area contributed by atoms with Crippen LogP contribution in [0.5, 0.6) is 5.75 Å². The van der Waals surface area contributed by atoms with Gasteiger partial charge in [0.1, 0.15) is 12.3 Å². The maximum atomic E-state index is 13.4. The van der Waals surface area contributed by atoms with Gasteiger partial charge in [0.05, 0.1) is 6.54 Å². The molecule has 3 aromatic carbocycles. The molecule has 10 heteroatoms. The summed E-state index contributed by atoms with van der Waals surface area (Å²) in [6.45, 7) is 6.04. The first-order valence-corrected chi connectivity index (χ1v) is 13.5. The van der Waals surface area contributed by atoms with Gasteiger partial charge >= 0.3 is 6.03 Å². The van der Waals surface area contributed by atoms with Gasteiger partial charge in [-0.2, -0.15) is 0 Å². The van der Waals surface area contributed by atoms with Crippen molar-refractivity contribution in [1.29, 1.82) is 0 Å². The third-order valence-electron chi connectivity index (χ3n) is 6.40. The van der Waals surface area contributed by atoms with E-state index >= 15 is 0 Å². The standard InChI is InChI=1S/C31H37N5O5/c1-5-35(6-2)30(39)22-41-27-17-11-16-26(19-27)36(21-29(38)34(4)25-14-8-7-9-15-25)28(37)20-32-31(40)33-24-13-10-12-23(3)18-24/h7-19H,5-6,20-22H2,1-4H3,(H2,32,33,40). The molecule has 216 valence electrons. The molecule has 0 unspecified atom stereocenters. The average Bonchev–Trinajstić information content (AvgIpc) is 2.98. The van der Waals surface area contributed by atoms with Gasteiger partial charge in [0.25, 0.3) is 5.91 Å². The Hall–Kier alpha value is -4.86. The van der Waals surface area contributed by atoms with Crippen LogP contribution in [0.1, 0.15) is 19.4 Å². The van der Waals surface area contributed by atoms with Crippen molar-refractivity contribution in [2.24, 2.45) is 0 Å². The number of para-hydroxylation sites is 1. The Morgan fingerprint density at radius 2 is 1.46 bits per heavy atom. The molecule has 2 N–H and O–H groups in total. The van der Waals surface area contributed by atoms with Crippen molar-refractivity contribution in [3.8, 4) is 5.75 Å². The van der Waals surface area contributed by atoms with Crippen molar-refractivity contribution in [1.82, 2.24) is 10.2 Å². The summed E-state index contributed by atoms with van der Waals surface area (Å²) in [7, 11) is 1.63. The number of hydrogen-bond donors (Lipinski definition) is 2. The molecule has 0 saturated heterocycles. The van der Waals surface area contributed by atoms with Crippen molar-refractivity contribution < 1.29 is 23.9 Å². The minimum Gasteiger partial charge on any atom is -0.484 e. The van der Waals surface area contributed by atoms with Gasteiger partial charge < -0.3 is 30.1 Å². The van der Waals surface area contributed by atoms with E-state index in [1.54, 1.807) is 54.4 Å². The lowest BCUT2D eigenvalue weighted by atomic mass is 10.2. The highest BCUT2D eigenvalue weighted by molar-refractivity contribution is 6.05. The van der Waals surface area contributed by atoms with Gasteiger partial charge in [-0.3, -0.25) is 14.4 Å². The number of carbonyl (C=O) groups is 4. The summed E-state index contributed by atoms with van der Waals surface area (Å²) in [5, 5.41) is 5.27. The normalized spacial score (nSPS) is 10.3. The van der Waals surface area contributed by atoms with E-state index in [1.807, 2.05) is 57.2 Å². The van der Waals surface area contributed by atoms with Crippen molar-refractivity contribution in [3.63, 3.8) is 0 Å². The van der Waals surface area contributed by atoms with E-state index in [4.69, 9.17) is 4.74 Å². The van der Waals surface area contributed by atoms with E-state index in [9.17, 15) is 19.2 Å². The van der Waals surface area contributed by atoms with Gasteiger partial charge in [-0.15, -0.1) is 0 Å². The van der Waals surface area contributed by atoms with E-state index in [0.717, 1.165) is 5.56 Å². The lowest BCUT2D eigenvalue weighted by Crippen LogP contribution is -2.46. The predicted molar refractivity (Wildman–Crippen MR) is 160 cm³/mol. The summed E-state index contributed by atoms with van der Waals surface area (Å²) >= 11 is 0. The van der Waals surface area contributed by atoms with Crippen LogP contribution in [-0.4, -0.2) is 68.5 Å². The maximum Gasteiger partial charge on any atom is 0.319 e. The molecule has 0 atom stereocenters. The number of aryl methyl sites for hydroxylation is 1. The zero-order valence-corrected chi connectivity index (χ0v) is 23.9. The Kier molecular flexibility index (Phi) is 11.3. The monoisotopic (exact) mass is 559 g/mol. The first-order chi connectivity index (χ1) is 19.7. The van der Waals surface area contributed by atoms with E-state index in [-0.39, 0.29) is 31.5 Å². The molecular formula is C31H37N5O5. The van der Waals surface area contributed by atoms with Crippen LogP contribution in [-0.2, 0) is 14.4 Å². The number of amides is 5. The summed E-state index contributed by atoms with van der Waals surface area (Å²) in [5.41, 5.74) is 2.63. The Labute approximate surface area is 240 Å². The summed E-state index contributed by atoms with van der Waals surface area (Å²) in [6.07, 6.45) is 0. The van der Waals surface area contributed by atoms with Gasteiger partial charge in [0.2, 0.25) is 11.8 Å². The fourth-order valence-electron chi connectivity index (χ4n) is 4.06. The summed E-state index contributed by atoms with van der Waals surface area (Å²) < 4.78 is 5.71. The smallest absolute Gasteiger partial charge is 0.319 e. The molecule has 3 rings (SSSR count). The third kappa shape index (κ3) is 9.10. The molecule has 41 heavy (non-hydrogen) atoms. The topological polar surface area (TPSA) is 111 Å². The quantitative estimate of drug-likeness (QED) is 0.348. The molecule has 5 amide bonds. The Bertz CT molecular complexity index is 1340. The molecule has 0 aliphatic rings. The fourth-order valence-corrected chi connectivity index (χ4v) is 4.06. The zero-order valence-electron chi connectivity index (χ0n) is 23.9. The highest BCUT2D eigenvalue weighted by Crippen LogP contribution is 2.22. The largest absolute Gasteiger partial charge is 0.484 e. The molecule has 0 aliphatic carbocycles. The van der Waals surface area contributed by atoms with E-state index < -0.39 is 11.9 Å². The number of carbonyl (C=O) groups excluding carboxylic acids is 4. The average molecular weight is 560 g/mol. The second-order valence-corrected chi connectivity index (χ2v) is 9.30. The van der Waals surface area contributed by atoms with Crippen LogP contribution in [0.4, 0.5) is 21.9 Å². The molecule has 0 saturated carbocycles. The number of urea groups is 1. The van der Waals surface area contributed by atoms with Gasteiger partial charge in [-0.1, -0.05) is 36.4 Å². The summed E-state index contributed by atoms with van der Waals surface area (Å²) in [6, 6.07) is 22.4. The summed E-state index contributed by atoms with van der Waals surface area (Å²) in [4.78, 5) is 55.9. The Balaban J connectivity index is 1.76. The first kappa shape index (κ1) is 30.7. The highest BCUT2D eigenvalue weighted by Gasteiger charge is 2.23. The van der Waals surface area contributed by atoms with Gasteiger partial charge in [-0.05, 0) is 62.7 Å². The van der Waals surface area contributed by atoms with Crippen LogP contribution >= 0.6 is 0 Å². The molecule has 0 radical (unpaired) electrons. The minimum absolute atomic E-state index is 0.156. The van der Waals surface area contributed by atoms with Crippen LogP contribution < -0.4 is 25.2 Å². The molecule has 0 aliphatic heterocycles. The predicted octanol–water partition coefficient (Wildman–Crippen LogP) is 4.06. The van der Waals surface area contributed by atoms with Crippen LogP contribution in [0.15, 0.2) is 78.9 Å². The lowest BCUT2D eigenvalue weighted by Gasteiger charge is -2.26. The number of nitrogens with one attached hydrogen (secondary N) is 2. The van der Waals surface area contributed by atoms with E-state index in [2.05, 4.69) is 10.6 Å². The summed E-state index contributed by atoms with van der Waals surface area (Å²) in [5.74, 6) is -0.626. The molecule has 3 aromatic rings. The second-order valence-electron chi connectivity index (χ2n) is 9.30. The molecule has 0 heterocycles. The number of nitrogens with zero attached hydrogens (tertiary/aromatic N) is 3. The lowest BCUT2D eigenvalue weighted by molar-refractivity contribution is -0.133. The minimum atomic E-state index is -0.552. The van der Waals surface area contributed by atoms with E-state index in [1.165, 1.54) is 9.80 Å². The van der Waals surface area contributed by atoms with Crippen molar-refractivity contribution in [3.05, 3.63) is 84.4 Å². The molecule has 10 nitrogen and oxygen atoms in total.